The number of ketones is 1. The van der Waals surface area contributed by atoms with Crippen LogP contribution in [0.3, 0.4) is 0 Å². The van der Waals surface area contributed by atoms with Crippen molar-refractivity contribution in [2.75, 3.05) is 0 Å². The van der Waals surface area contributed by atoms with Crippen molar-refractivity contribution in [2.24, 2.45) is 5.92 Å². The van der Waals surface area contributed by atoms with Crippen LogP contribution in [0, 0.1) is 5.92 Å². The van der Waals surface area contributed by atoms with Gasteiger partial charge in [-0.05, 0) is 37.1 Å². The molecule has 0 aliphatic heterocycles. The van der Waals surface area contributed by atoms with Gasteiger partial charge >= 0.3 is 12.5 Å². The summed E-state index contributed by atoms with van der Waals surface area (Å²) < 4.78 is 53.3. The number of alkyl halides is 4. The summed E-state index contributed by atoms with van der Waals surface area (Å²) in [6.45, 7) is 0. The molecule has 0 aromatic heterocycles. The van der Waals surface area contributed by atoms with Gasteiger partial charge in [-0.1, -0.05) is 12.8 Å². The Kier molecular flexibility index (Phi) is 4.30. The third-order valence-corrected chi connectivity index (χ3v) is 3.37. The number of Topliss-reactive ketones (excluding diaryl/α,β-unsaturated/α-hetero) is 1. The molecule has 6 heteroatoms. The third kappa shape index (κ3) is 3.29. The van der Waals surface area contributed by atoms with Crippen molar-refractivity contribution in [1.29, 1.82) is 0 Å². The quantitative estimate of drug-likeness (QED) is 0.597. The molecule has 0 heterocycles. The van der Waals surface area contributed by atoms with Crippen LogP contribution < -0.4 is 4.74 Å². The number of carbonyl (C=O) groups excluding carboxylic acids is 1. The first-order valence-electron chi connectivity index (χ1n) is 6.39. The van der Waals surface area contributed by atoms with Gasteiger partial charge < -0.3 is 4.74 Å². The topological polar surface area (TPSA) is 26.3 Å². The SMILES string of the molecule is O=C(c1ccc(OC(F)(F)C(F)F)cc1)C1CCCC1. The summed E-state index contributed by atoms with van der Waals surface area (Å²) in [5.74, 6) is -0.447. The molecular weight excluding hydrogens is 276 g/mol. The van der Waals surface area contributed by atoms with Gasteiger partial charge in [0, 0.05) is 11.5 Å². The summed E-state index contributed by atoms with van der Waals surface area (Å²) in [4.78, 5) is 12.0. The third-order valence-electron chi connectivity index (χ3n) is 3.37. The number of hydrogen-bond donors (Lipinski definition) is 0. The maximum Gasteiger partial charge on any atom is 0.461 e. The summed E-state index contributed by atoms with van der Waals surface area (Å²) >= 11 is 0. The van der Waals surface area contributed by atoms with Gasteiger partial charge in [-0.15, -0.1) is 0 Å². The van der Waals surface area contributed by atoms with Crippen molar-refractivity contribution in [3.63, 3.8) is 0 Å². The molecule has 2 rings (SSSR count). The fourth-order valence-electron chi connectivity index (χ4n) is 2.31. The second-order valence-electron chi connectivity index (χ2n) is 4.83. The molecular formula is C14H14F4O2. The van der Waals surface area contributed by atoms with E-state index in [0.29, 0.717) is 5.56 Å². The van der Waals surface area contributed by atoms with Gasteiger partial charge in [0.05, 0.1) is 0 Å². The van der Waals surface area contributed by atoms with E-state index < -0.39 is 18.3 Å². The van der Waals surface area contributed by atoms with Crippen LogP contribution in [-0.2, 0) is 0 Å². The molecule has 1 aromatic rings. The van der Waals surface area contributed by atoms with Gasteiger partial charge in [-0.3, -0.25) is 4.79 Å². The second-order valence-corrected chi connectivity index (χ2v) is 4.83. The first-order valence-corrected chi connectivity index (χ1v) is 6.39. The number of halogens is 4. The van der Waals surface area contributed by atoms with E-state index in [4.69, 9.17) is 0 Å². The molecule has 1 fully saturated rings. The Morgan fingerprint density at radius 1 is 1.15 bits per heavy atom. The van der Waals surface area contributed by atoms with Gasteiger partial charge in [-0.2, -0.15) is 17.6 Å². The first-order chi connectivity index (χ1) is 9.40. The van der Waals surface area contributed by atoms with Crippen molar-refractivity contribution in [3.8, 4) is 5.75 Å². The van der Waals surface area contributed by atoms with Crippen LogP contribution in [0.4, 0.5) is 17.6 Å². The Morgan fingerprint density at radius 2 is 1.70 bits per heavy atom. The van der Waals surface area contributed by atoms with E-state index in [-0.39, 0.29) is 11.7 Å². The lowest BCUT2D eigenvalue weighted by atomic mass is 9.96. The predicted octanol–water partition coefficient (Wildman–Crippen LogP) is 4.30. The Hall–Kier alpha value is -1.59. The Bertz CT molecular complexity index is 465. The molecule has 1 aliphatic rings. The van der Waals surface area contributed by atoms with E-state index in [2.05, 4.69) is 4.74 Å². The van der Waals surface area contributed by atoms with Crippen LogP contribution in [0.1, 0.15) is 36.0 Å². The predicted molar refractivity (Wildman–Crippen MR) is 64.3 cm³/mol. The highest BCUT2D eigenvalue weighted by atomic mass is 19.3. The Labute approximate surface area is 113 Å². The molecule has 110 valence electrons. The van der Waals surface area contributed by atoms with E-state index >= 15 is 0 Å². The normalized spacial score (nSPS) is 16.6. The summed E-state index contributed by atoms with van der Waals surface area (Å²) in [5.41, 5.74) is 0.393. The largest absolute Gasteiger partial charge is 0.461 e. The molecule has 0 bridgehead atoms. The maximum absolute atomic E-state index is 12.7. The van der Waals surface area contributed by atoms with E-state index in [1.807, 2.05) is 0 Å². The minimum Gasteiger partial charge on any atom is -0.428 e. The number of carbonyl (C=O) groups is 1. The zero-order valence-electron chi connectivity index (χ0n) is 10.6. The molecule has 0 spiro atoms. The van der Waals surface area contributed by atoms with E-state index in [1.165, 1.54) is 12.1 Å². The molecule has 0 radical (unpaired) electrons. The minimum atomic E-state index is -4.53. The summed E-state index contributed by atoms with van der Waals surface area (Å²) in [6, 6.07) is 4.88. The maximum atomic E-state index is 12.7. The highest BCUT2D eigenvalue weighted by molar-refractivity contribution is 5.98. The smallest absolute Gasteiger partial charge is 0.428 e. The first kappa shape index (κ1) is 14.8. The van der Waals surface area contributed by atoms with Crippen molar-refractivity contribution < 1.29 is 27.1 Å². The van der Waals surface area contributed by atoms with Crippen LogP contribution >= 0.6 is 0 Å². The number of ether oxygens (including phenoxy) is 1. The van der Waals surface area contributed by atoms with Crippen molar-refractivity contribution in [3.05, 3.63) is 29.8 Å². The summed E-state index contributed by atoms with van der Waals surface area (Å²) in [7, 11) is 0. The van der Waals surface area contributed by atoms with Gasteiger partial charge in [0.1, 0.15) is 5.75 Å². The monoisotopic (exact) mass is 290 g/mol. The minimum absolute atomic E-state index is 0.0238. The molecule has 20 heavy (non-hydrogen) atoms. The fourth-order valence-corrected chi connectivity index (χ4v) is 2.31. The lowest BCUT2D eigenvalue weighted by Gasteiger charge is -2.17. The molecule has 2 nitrogen and oxygen atoms in total. The average molecular weight is 290 g/mol. The van der Waals surface area contributed by atoms with E-state index in [1.54, 1.807) is 0 Å². The van der Waals surface area contributed by atoms with Gasteiger partial charge in [-0.25, -0.2) is 0 Å². The highest BCUT2D eigenvalue weighted by Crippen LogP contribution is 2.30. The Balaban J connectivity index is 2.04. The molecule has 0 unspecified atom stereocenters. The van der Waals surface area contributed by atoms with Gasteiger partial charge in [0.25, 0.3) is 0 Å². The Morgan fingerprint density at radius 3 is 2.20 bits per heavy atom. The van der Waals surface area contributed by atoms with Crippen molar-refractivity contribution in [1.82, 2.24) is 0 Å². The van der Waals surface area contributed by atoms with Crippen LogP contribution in [0.25, 0.3) is 0 Å². The van der Waals surface area contributed by atoms with Crippen molar-refractivity contribution >= 4 is 5.78 Å². The zero-order valence-corrected chi connectivity index (χ0v) is 10.6. The van der Waals surface area contributed by atoms with Crippen LogP contribution in [0.5, 0.6) is 5.75 Å². The summed E-state index contributed by atoms with van der Waals surface area (Å²) in [6.07, 6.45) is -4.74. The van der Waals surface area contributed by atoms with Crippen LogP contribution in [0.15, 0.2) is 24.3 Å². The molecule has 0 amide bonds. The molecule has 1 aliphatic carbocycles. The number of benzene rings is 1. The molecule has 0 atom stereocenters. The zero-order chi connectivity index (χ0) is 14.8. The van der Waals surface area contributed by atoms with Crippen LogP contribution in [-0.4, -0.2) is 18.3 Å². The number of hydrogen-bond acceptors (Lipinski definition) is 2. The van der Waals surface area contributed by atoms with E-state index in [9.17, 15) is 22.4 Å². The van der Waals surface area contributed by atoms with Crippen molar-refractivity contribution in [2.45, 2.75) is 38.2 Å². The number of rotatable bonds is 5. The summed E-state index contributed by atoms with van der Waals surface area (Å²) in [5, 5.41) is 0. The molecule has 1 saturated carbocycles. The molecule has 0 N–H and O–H groups in total. The fraction of sp³-hybridized carbons (Fsp3) is 0.500. The molecule has 0 saturated heterocycles. The van der Waals surface area contributed by atoms with Gasteiger partial charge in [0.15, 0.2) is 5.78 Å². The molecule has 1 aromatic carbocycles. The van der Waals surface area contributed by atoms with Gasteiger partial charge in [0.2, 0.25) is 0 Å². The standard InChI is InChI=1S/C14H14F4O2/c15-13(16)14(17,18)20-11-7-5-10(6-8-11)12(19)9-3-1-2-4-9/h5-9,13H,1-4H2. The lowest BCUT2D eigenvalue weighted by Crippen LogP contribution is -2.33. The average Bonchev–Trinajstić information content (AvgIpc) is 2.92. The van der Waals surface area contributed by atoms with Crippen LogP contribution in [0.2, 0.25) is 0 Å². The highest BCUT2D eigenvalue weighted by Gasteiger charge is 2.43. The second kappa shape index (κ2) is 5.81. The lowest BCUT2D eigenvalue weighted by molar-refractivity contribution is -0.253. The van der Waals surface area contributed by atoms with E-state index in [0.717, 1.165) is 37.8 Å².